The molecule has 0 amide bonds. The number of methoxy groups -OCH3 is 2. The minimum atomic E-state index is 0.122. The smallest absolute Gasteiger partial charge is 0.122 e. The predicted molar refractivity (Wildman–Crippen MR) is 80.7 cm³/mol. The first-order chi connectivity index (χ1) is 9.51. The van der Waals surface area contributed by atoms with Gasteiger partial charge in [-0.2, -0.15) is 0 Å². The third kappa shape index (κ3) is 2.91. The minimum Gasteiger partial charge on any atom is -0.497 e. The Kier molecular flexibility index (Phi) is 4.55. The van der Waals surface area contributed by atoms with Crippen LogP contribution < -0.4 is 20.7 Å². The zero-order valence-electron chi connectivity index (χ0n) is 12.9. The van der Waals surface area contributed by atoms with Crippen LogP contribution in [-0.4, -0.2) is 14.2 Å². The molecule has 0 saturated heterocycles. The van der Waals surface area contributed by atoms with Crippen molar-refractivity contribution in [3.8, 4) is 11.5 Å². The maximum Gasteiger partial charge on any atom is 0.122 e. The summed E-state index contributed by atoms with van der Waals surface area (Å²) in [6, 6.07) is 6.09. The molecule has 1 aromatic carbocycles. The zero-order chi connectivity index (χ0) is 14.8. The van der Waals surface area contributed by atoms with Crippen LogP contribution in [0.5, 0.6) is 11.5 Å². The minimum absolute atomic E-state index is 0.122. The van der Waals surface area contributed by atoms with Crippen LogP contribution in [0.2, 0.25) is 0 Å². The molecule has 1 saturated carbocycles. The second kappa shape index (κ2) is 6.02. The first-order valence-corrected chi connectivity index (χ1v) is 7.21. The van der Waals surface area contributed by atoms with Gasteiger partial charge in [0.2, 0.25) is 0 Å². The summed E-state index contributed by atoms with van der Waals surface area (Å²) in [7, 11) is 3.34. The third-order valence-electron chi connectivity index (χ3n) is 4.65. The second-order valence-electron chi connectivity index (χ2n) is 6.28. The molecule has 0 aliphatic heterocycles. The molecule has 0 bridgehead atoms. The van der Waals surface area contributed by atoms with Gasteiger partial charge < -0.3 is 9.47 Å². The van der Waals surface area contributed by atoms with Gasteiger partial charge >= 0.3 is 0 Å². The van der Waals surface area contributed by atoms with E-state index in [1.807, 2.05) is 18.2 Å². The largest absolute Gasteiger partial charge is 0.497 e. The molecular formula is C16H26N2O2. The lowest BCUT2D eigenvalue weighted by molar-refractivity contribution is 0.198. The summed E-state index contributed by atoms with van der Waals surface area (Å²) in [5.74, 6) is 7.98. The van der Waals surface area contributed by atoms with E-state index in [-0.39, 0.29) is 6.04 Å². The van der Waals surface area contributed by atoms with Gasteiger partial charge in [-0.25, -0.2) is 0 Å². The lowest BCUT2D eigenvalue weighted by Crippen LogP contribution is -2.37. The summed E-state index contributed by atoms with van der Waals surface area (Å²) in [5, 5.41) is 0. The summed E-state index contributed by atoms with van der Waals surface area (Å²) >= 11 is 0. The molecule has 1 aromatic rings. The fourth-order valence-corrected chi connectivity index (χ4v) is 3.43. The normalized spacial score (nSPS) is 22.6. The van der Waals surface area contributed by atoms with E-state index in [9.17, 15) is 0 Å². The van der Waals surface area contributed by atoms with Crippen molar-refractivity contribution in [2.75, 3.05) is 14.2 Å². The van der Waals surface area contributed by atoms with Gasteiger partial charge in [0.15, 0.2) is 0 Å². The lowest BCUT2D eigenvalue weighted by Gasteiger charge is -2.34. The van der Waals surface area contributed by atoms with Gasteiger partial charge in [0.25, 0.3) is 0 Å². The Morgan fingerprint density at radius 3 is 2.20 bits per heavy atom. The Labute approximate surface area is 121 Å². The Hall–Kier alpha value is -1.26. The quantitative estimate of drug-likeness (QED) is 0.642. The highest BCUT2D eigenvalue weighted by molar-refractivity contribution is 5.40. The van der Waals surface area contributed by atoms with Crippen molar-refractivity contribution in [2.45, 2.75) is 39.2 Å². The van der Waals surface area contributed by atoms with Crippen molar-refractivity contribution >= 4 is 0 Å². The summed E-state index contributed by atoms with van der Waals surface area (Å²) < 4.78 is 10.7. The van der Waals surface area contributed by atoms with E-state index in [0.717, 1.165) is 17.1 Å². The Morgan fingerprint density at radius 1 is 1.20 bits per heavy atom. The first kappa shape index (κ1) is 15.1. The highest BCUT2D eigenvalue weighted by atomic mass is 16.5. The molecule has 2 unspecified atom stereocenters. The van der Waals surface area contributed by atoms with Crippen molar-refractivity contribution < 1.29 is 9.47 Å². The molecule has 112 valence electrons. The summed E-state index contributed by atoms with van der Waals surface area (Å²) in [6.45, 7) is 4.65. The molecule has 2 atom stereocenters. The molecule has 1 fully saturated rings. The van der Waals surface area contributed by atoms with Crippen molar-refractivity contribution in [2.24, 2.45) is 17.2 Å². The summed E-state index contributed by atoms with van der Waals surface area (Å²) in [4.78, 5) is 0. The van der Waals surface area contributed by atoms with Crippen LogP contribution in [-0.2, 0) is 0 Å². The molecule has 2 rings (SSSR count). The van der Waals surface area contributed by atoms with Gasteiger partial charge in [0, 0.05) is 12.1 Å². The molecule has 0 aromatic heterocycles. The van der Waals surface area contributed by atoms with E-state index in [1.54, 1.807) is 14.2 Å². The average Bonchev–Trinajstić information content (AvgIpc) is 2.79. The molecular weight excluding hydrogens is 252 g/mol. The Balaban J connectivity index is 2.36. The van der Waals surface area contributed by atoms with Gasteiger partial charge in [-0.15, -0.1) is 0 Å². The van der Waals surface area contributed by atoms with Gasteiger partial charge in [0.05, 0.1) is 14.2 Å². The molecule has 20 heavy (non-hydrogen) atoms. The Morgan fingerprint density at radius 2 is 1.80 bits per heavy atom. The van der Waals surface area contributed by atoms with E-state index in [0.29, 0.717) is 11.3 Å². The molecule has 4 nitrogen and oxygen atoms in total. The van der Waals surface area contributed by atoms with Crippen molar-refractivity contribution in [3.63, 3.8) is 0 Å². The van der Waals surface area contributed by atoms with Gasteiger partial charge in [-0.3, -0.25) is 11.3 Å². The van der Waals surface area contributed by atoms with Crippen molar-refractivity contribution in [1.29, 1.82) is 0 Å². The van der Waals surface area contributed by atoms with E-state index >= 15 is 0 Å². The van der Waals surface area contributed by atoms with Gasteiger partial charge in [-0.05, 0) is 41.9 Å². The van der Waals surface area contributed by atoms with Crippen LogP contribution in [0.4, 0.5) is 0 Å². The highest BCUT2D eigenvalue weighted by Gasteiger charge is 2.40. The number of benzene rings is 1. The topological polar surface area (TPSA) is 56.5 Å². The fourth-order valence-electron chi connectivity index (χ4n) is 3.43. The number of hydrogen-bond donors (Lipinski definition) is 2. The number of ether oxygens (including phenoxy) is 2. The summed E-state index contributed by atoms with van der Waals surface area (Å²) in [5.41, 5.74) is 4.43. The number of rotatable bonds is 5. The summed E-state index contributed by atoms with van der Waals surface area (Å²) in [6.07, 6.45) is 3.70. The molecule has 0 heterocycles. The monoisotopic (exact) mass is 278 g/mol. The number of nitrogens with one attached hydrogen (secondary N) is 1. The Bertz CT molecular complexity index is 438. The zero-order valence-corrected chi connectivity index (χ0v) is 12.9. The fraction of sp³-hybridized carbons (Fsp3) is 0.625. The predicted octanol–water partition coefficient (Wildman–Crippen LogP) is 3.03. The lowest BCUT2D eigenvalue weighted by atomic mass is 9.75. The van der Waals surface area contributed by atoms with E-state index < -0.39 is 0 Å². The molecule has 1 aliphatic rings. The van der Waals surface area contributed by atoms with Crippen molar-refractivity contribution in [1.82, 2.24) is 5.43 Å². The molecule has 0 radical (unpaired) electrons. The standard InChI is InChI=1S/C16H26N2O2/c1-16(2)7-5-6-14(16)15(18-17)11-8-12(19-3)10-13(9-11)20-4/h8-10,14-15,18H,5-7,17H2,1-4H3. The van der Waals surface area contributed by atoms with Gasteiger partial charge in [-0.1, -0.05) is 20.3 Å². The second-order valence-corrected chi connectivity index (χ2v) is 6.28. The molecule has 1 aliphatic carbocycles. The number of hydrazine groups is 1. The maximum absolute atomic E-state index is 5.86. The van der Waals surface area contributed by atoms with E-state index in [4.69, 9.17) is 15.3 Å². The third-order valence-corrected chi connectivity index (χ3v) is 4.65. The van der Waals surface area contributed by atoms with E-state index in [2.05, 4.69) is 19.3 Å². The van der Waals surface area contributed by atoms with Crippen LogP contribution in [0, 0.1) is 11.3 Å². The van der Waals surface area contributed by atoms with Crippen LogP contribution in [0.25, 0.3) is 0 Å². The van der Waals surface area contributed by atoms with Crippen LogP contribution in [0.15, 0.2) is 18.2 Å². The van der Waals surface area contributed by atoms with Gasteiger partial charge in [0.1, 0.15) is 11.5 Å². The molecule has 3 N–H and O–H groups in total. The average molecular weight is 278 g/mol. The molecule has 0 spiro atoms. The van der Waals surface area contributed by atoms with Crippen LogP contribution >= 0.6 is 0 Å². The highest BCUT2D eigenvalue weighted by Crippen LogP contribution is 2.49. The van der Waals surface area contributed by atoms with E-state index in [1.165, 1.54) is 19.3 Å². The SMILES string of the molecule is COc1cc(OC)cc(C(NN)C2CCCC2(C)C)c1. The first-order valence-electron chi connectivity index (χ1n) is 7.21. The number of hydrogen-bond acceptors (Lipinski definition) is 4. The molecule has 4 heteroatoms. The van der Waals surface area contributed by atoms with Crippen LogP contribution in [0.3, 0.4) is 0 Å². The van der Waals surface area contributed by atoms with Crippen LogP contribution in [0.1, 0.15) is 44.7 Å². The maximum atomic E-state index is 5.86. The number of nitrogens with two attached hydrogens (primary N) is 1. The van der Waals surface area contributed by atoms with Crippen molar-refractivity contribution in [3.05, 3.63) is 23.8 Å².